The van der Waals surface area contributed by atoms with E-state index in [2.05, 4.69) is 53.6 Å². The molecule has 1 heterocycles. The Labute approximate surface area is 131 Å². The molecule has 2 aromatic rings. The lowest BCUT2D eigenvalue weighted by molar-refractivity contribution is -0.181. The molecule has 1 saturated carbocycles. The van der Waals surface area contributed by atoms with Gasteiger partial charge in [0.05, 0.1) is 18.2 Å². The van der Waals surface area contributed by atoms with Crippen molar-refractivity contribution < 1.29 is 9.94 Å². The fraction of sp³-hybridized carbons (Fsp3) is 0.368. The van der Waals surface area contributed by atoms with E-state index in [1.54, 1.807) is 0 Å². The minimum atomic E-state index is -0.135. The lowest BCUT2D eigenvalue weighted by Gasteiger charge is -2.25. The number of aliphatic hydroxyl groups is 1. The summed E-state index contributed by atoms with van der Waals surface area (Å²) >= 11 is 0. The van der Waals surface area contributed by atoms with E-state index in [-0.39, 0.29) is 24.2 Å². The first-order valence-electron chi connectivity index (χ1n) is 7.98. The zero-order chi connectivity index (χ0) is 15.0. The summed E-state index contributed by atoms with van der Waals surface area (Å²) in [5, 5.41) is 12.0. The van der Waals surface area contributed by atoms with Gasteiger partial charge in [0, 0.05) is 12.5 Å². The molecule has 1 aliphatic carbocycles. The molecule has 3 heteroatoms. The highest BCUT2D eigenvalue weighted by Crippen LogP contribution is 2.58. The van der Waals surface area contributed by atoms with Gasteiger partial charge in [0.1, 0.15) is 0 Å². The summed E-state index contributed by atoms with van der Waals surface area (Å²) in [5.74, 6) is 0.151. The van der Waals surface area contributed by atoms with Crippen LogP contribution in [0.1, 0.15) is 30.0 Å². The first-order valence-corrected chi connectivity index (χ1v) is 7.98. The Kier molecular flexibility index (Phi) is 3.49. The van der Waals surface area contributed by atoms with Crippen molar-refractivity contribution in [3.8, 4) is 0 Å². The van der Waals surface area contributed by atoms with Gasteiger partial charge in [-0.3, -0.25) is 4.84 Å². The Morgan fingerprint density at radius 2 is 1.64 bits per heavy atom. The van der Waals surface area contributed by atoms with Crippen LogP contribution in [0.25, 0.3) is 0 Å². The fourth-order valence-electron chi connectivity index (χ4n) is 3.64. The van der Waals surface area contributed by atoms with Gasteiger partial charge in [-0.25, -0.2) is 0 Å². The van der Waals surface area contributed by atoms with Crippen molar-refractivity contribution in [2.75, 3.05) is 6.61 Å². The molecule has 4 rings (SSSR count). The number of hydroxylamine groups is 2. The molecule has 0 aromatic heterocycles. The maximum absolute atomic E-state index is 9.95. The molecule has 0 bridgehead atoms. The summed E-state index contributed by atoms with van der Waals surface area (Å²) in [6.45, 7) is 0.920. The van der Waals surface area contributed by atoms with Gasteiger partial charge < -0.3 is 5.11 Å². The molecule has 3 nitrogen and oxygen atoms in total. The maximum Gasteiger partial charge on any atom is 0.0971 e. The highest BCUT2D eigenvalue weighted by atomic mass is 16.7. The zero-order valence-corrected chi connectivity index (χ0v) is 12.6. The van der Waals surface area contributed by atoms with Crippen molar-refractivity contribution in [1.29, 1.82) is 0 Å². The van der Waals surface area contributed by atoms with E-state index < -0.39 is 0 Å². The molecule has 2 aliphatic rings. The quantitative estimate of drug-likeness (QED) is 0.939. The van der Waals surface area contributed by atoms with Crippen LogP contribution >= 0.6 is 0 Å². The summed E-state index contributed by atoms with van der Waals surface area (Å²) < 4.78 is 0. The predicted octanol–water partition coefficient (Wildman–Crippen LogP) is 3.32. The highest BCUT2D eigenvalue weighted by Gasteiger charge is 2.61. The molecule has 1 spiro atoms. The molecule has 2 aromatic carbocycles. The van der Waals surface area contributed by atoms with E-state index >= 15 is 0 Å². The van der Waals surface area contributed by atoms with Crippen molar-refractivity contribution in [3.05, 3.63) is 71.8 Å². The van der Waals surface area contributed by atoms with Crippen LogP contribution in [0.3, 0.4) is 0 Å². The average molecular weight is 295 g/mol. The summed E-state index contributed by atoms with van der Waals surface area (Å²) in [4.78, 5) is 6.31. The number of hydrogen-bond acceptors (Lipinski definition) is 3. The SMILES string of the molecule is OC[C@@H]1[C@H](c2ccccc2)N(Cc2ccccc2)OC12CC2. The molecular formula is C19H21NO2. The van der Waals surface area contributed by atoms with Gasteiger partial charge >= 0.3 is 0 Å². The molecule has 1 N–H and O–H groups in total. The Morgan fingerprint density at radius 1 is 1.00 bits per heavy atom. The third-order valence-corrected chi connectivity index (χ3v) is 4.93. The first kappa shape index (κ1) is 13.9. The number of nitrogens with zero attached hydrogens (tertiary/aromatic N) is 1. The summed E-state index contributed by atoms with van der Waals surface area (Å²) in [7, 11) is 0. The first-order chi connectivity index (χ1) is 10.8. The van der Waals surface area contributed by atoms with Gasteiger partial charge in [0.25, 0.3) is 0 Å². The Hall–Kier alpha value is -1.68. The average Bonchev–Trinajstić information content (AvgIpc) is 3.26. The number of aliphatic hydroxyl groups excluding tert-OH is 1. The molecule has 22 heavy (non-hydrogen) atoms. The molecule has 1 aliphatic heterocycles. The lowest BCUT2D eigenvalue weighted by Crippen LogP contribution is -2.26. The van der Waals surface area contributed by atoms with Crippen molar-refractivity contribution in [2.24, 2.45) is 5.92 Å². The molecule has 114 valence electrons. The lowest BCUT2D eigenvalue weighted by atomic mass is 9.88. The Balaban J connectivity index is 1.66. The van der Waals surface area contributed by atoms with Crippen molar-refractivity contribution in [1.82, 2.24) is 5.06 Å². The van der Waals surface area contributed by atoms with Crippen LogP contribution in [0, 0.1) is 5.92 Å². The topological polar surface area (TPSA) is 32.7 Å². The Morgan fingerprint density at radius 3 is 2.23 bits per heavy atom. The molecular weight excluding hydrogens is 274 g/mol. The molecule has 0 amide bonds. The van der Waals surface area contributed by atoms with E-state index in [1.165, 1.54) is 11.1 Å². The number of rotatable bonds is 4. The van der Waals surface area contributed by atoms with Gasteiger partial charge in [-0.1, -0.05) is 60.7 Å². The molecule has 2 fully saturated rings. The Bertz CT molecular complexity index is 624. The van der Waals surface area contributed by atoms with Crippen LogP contribution in [0.2, 0.25) is 0 Å². The molecule has 0 unspecified atom stereocenters. The van der Waals surface area contributed by atoms with Gasteiger partial charge in [-0.2, -0.15) is 5.06 Å². The third-order valence-electron chi connectivity index (χ3n) is 4.93. The highest BCUT2D eigenvalue weighted by molar-refractivity contribution is 5.25. The summed E-state index contributed by atoms with van der Waals surface area (Å²) in [6, 6.07) is 20.9. The van der Waals surface area contributed by atoms with Gasteiger partial charge in [0.2, 0.25) is 0 Å². The number of benzene rings is 2. The molecule has 2 atom stereocenters. The van der Waals surface area contributed by atoms with Gasteiger partial charge in [0.15, 0.2) is 0 Å². The maximum atomic E-state index is 9.95. The largest absolute Gasteiger partial charge is 0.396 e. The van der Waals surface area contributed by atoms with Crippen molar-refractivity contribution in [3.63, 3.8) is 0 Å². The van der Waals surface area contributed by atoms with Crippen LogP contribution in [0.5, 0.6) is 0 Å². The summed E-state index contributed by atoms with van der Waals surface area (Å²) in [5.41, 5.74) is 2.32. The van der Waals surface area contributed by atoms with Crippen molar-refractivity contribution in [2.45, 2.75) is 31.0 Å². The van der Waals surface area contributed by atoms with Crippen LogP contribution in [-0.4, -0.2) is 22.4 Å². The third kappa shape index (κ3) is 2.35. The second kappa shape index (κ2) is 5.51. The van der Waals surface area contributed by atoms with E-state index in [1.807, 2.05) is 12.1 Å². The van der Waals surface area contributed by atoms with Crippen LogP contribution in [0.15, 0.2) is 60.7 Å². The van der Waals surface area contributed by atoms with Gasteiger partial charge in [-0.15, -0.1) is 0 Å². The van der Waals surface area contributed by atoms with E-state index in [9.17, 15) is 5.11 Å². The van der Waals surface area contributed by atoms with Crippen molar-refractivity contribution >= 4 is 0 Å². The fourth-order valence-corrected chi connectivity index (χ4v) is 3.64. The minimum absolute atomic E-state index is 0.119. The minimum Gasteiger partial charge on any atom is -0.396 e. The predicted molar refractivity (Wildman–Crippen MR) is 84.8 cm³/mol. The van der Waals surface area contributed by atoms with E-state index in [0.717, 1.165) is 19.4 Å². The molecule has 1 saturated heterocycles. The normalized spacial score (nSPS) is 26.4. The number of hydrogen-bond donors (Lipinski definition) is 1. The van der Waals surface area contributed by atoms with Gasteiger partial charge in [-0.05, 0) is 24.0 Å². The van der Waals surface area contributed by atoms with E-state index in [0.29, 0.717) is 0 Å². The second-order valence-electron chi connectivity index (χ2n) is 6.36. The monoisotopic (exact) mass is 295 g/mol. The zero-order valence-electron chi connectivity index (χ0n) is 12.6. The van der Waals surface area contributed by atoms with Crippen LogP contribution in [0.4, 0.5) is 0 Å². The molecule has 0 radical (unpaired) electrons. The summed E-state index contributed by atoms with van der Waals surface area (Å²) in [6.07, 6.45) is 2.10. The van der Waals surface area contributed by atoms with Crippen LogP contribution < -0.4 is 0 Å². The second-order valence-corrected chi connectivity index (χ2v) is 6.36. The smallest absolute Gasteiger partial charge is 0.0971 e. The van der Waals surface area contributed by atoms with E-state index in [4.69, 9.17) is 4.84 Å². The standard InChI is InChI=1S/C19H21NO2/c21-14-17-18(16-9-5-2-6-10-16)20(22-19(17)11-12-19)13-15-7-3-1-4-8-15/h1-10,17-18,21H,11-14H2/t17-,18+/m1/s1. The van der Waals surface area contributed by atoms with Crippen LogP contribution in [-0.2, 0) is 11.4 Å².